The Kier molecular flexibility index (Phi) is 5.74. The number of nitrogens with zero attached hydrogens (tertiary/aromatic N) is 4. The molecule has 1 heterocycles. The van der Waals surface area contributed by atoms with Gasteiger partial charge in [-0.25, -0.2) is 4.68 Å². The molecule has 8 nitrogen and oxygen atoms in total. The van der Waals surface area contributed by atoms with Crippen molar-refractivity contribution in [3.8, 4) is 5.69 Å². The average molecular weight is 403 g/mol. The highest BCUT2D eigenvalue weighted by molar-refractivity contribution is 5.94. The average Bonchev–Trinajstić information content (AvgIpc) is 3.48. The summed E-state index contributed by atoms with van der Waals surface area (Å²) in [7, 11) is 0. The number of aromatic nitrogens is 3. The number of rotatable bonds is 8. The number of carbonyl (C=O) groups excluding carboxylic acids is 1. The second kappa shape index (κ2) is 8.77. The van der Waals surface area contributed by atoms with Gasteiger partial charge in [0.2, 0.25) is 0 Å². The zero-order chi connectivity index (χ0) is 20.9. The van der Waals surface area contributed by atoms with Crippen molar-refractivity contribution in [3.63, 3.8) is 0 Å². The summed E-state index contributed by atoms with van der Waals surface area (Å²) in [5, 5.41) is 26.6. The molecule has 0 radical (unpaired) electrons. The first-order chi connectivity index (χ1) is 14.7. The predicted molar refractivity (Wildman–Crippen MR) is 113 cm³/mol. The standard InChI is InChI=1S/C22H24N6O2/c1-2-23-21(29)15-8-12-18(13-9-15)28-19(14-24-16-6-4-3-5-7-16)20(26-27-28)22(30)25-17-10-11-17/h3-9,12-13,17,24H,2,10-11,14H2,1H3,(H,23,29)(H,25,30)/p-1. The van der Waals surface area contributed by atoms with Crippen LogP contribution in [0.25, 0.3) is 5.69 Å². The number of hydrogen-bond acceptors (Lipinski definition) is 6. The summed E-state index contributed by atoms with van der Waals surface area (Å²) >= 11 is 0. The highest BCUT2D eigenvalue weighted by Crippen LogP contribution is 2.21. The van der Waals surface area contributed by atoms with E-state index in [1.165, 1.54) is 0 Å². The van der Waals surface area contributed by atoms with Crippen LogP contribution in [0.4, 0.5) is 5.69 Å². The Labute approximate surface area is 174 Å². The van der Waals surface area contributed by atoms with E-state index in [9.17, 15) is 9.90 Å². The fourth-order valence-corrected chi connectivity index (χ4v) is 3.05. The fraction of sp³-hybridized carbons (Fsp3) is 0.273. The maximum atomic E-state index is 12.7. The van der Waals surface area contributed by atoms with Gasteiger partial charge in [-0.3, -0.25) is 4.79 Å². The molecule has 0 bridgehead atoms. The van der Waals surface area contributed by atoms with Gasteiger partial charge in [0.25, 0.3) is 5.91 Å². The Bertz CT molecular complexity index is 1040. The minimum absolute atomic E-state index is 0.220. The summed E-state index contributed by atoms with van der Waals surface area (Å²) in [6, 6.07) is 16.9. The maximum Gasteiger partial charge on any atom is 0.274 e. The molecule has 0 spiro atoms. The topological polar surface area (TPSA) is 107 Å². The largest absolute Gasteiger partial charge is 0.858 e. The minimum atomic E-state index is -0.252. The molecule has 1 aliphatic carbocycles. The van der Waals surface area contributed by atoms with E-state index in [1.807, 2.05) is 37.3 Å². The summed E-state index contributed by atoms with van der Waals surface area (Å²) in [5.41, 5.74) is 3.10. The Hall–Kier alpha value is -3.68. The number of carbonyl (C=O) groups is 1. The predicted octanol–water partition coefficient (Wildman–Crippen LogP) is 1.90. The molecule has 154 valence electrons. The van der Waals surface area contributed by atoms with E-state index >= 15 is 0 Å². The van der Waals surface area contributed by atoms with Gasteiger partial charge in [0, 0.05) is 18.3 Å². The monoisotopic (exact) mass is 403 g/mol. The normalized spacial score (nSPS) is 13.8. The number of amides is 1. The summed E-state index contributed by atoms with van der Waals surface area (Å²) in [4.78, 5) is 16.6. The van der Waals surface area contributed by atoms with Crippen LogP contribution < -0.4 is 15.7 Å². The number of anilines is 1. The van der Waals surface area contributed by atoms with Gasteiger partial charge in [0.05, 0.1) is 17.9 Å². The quantitative estimate of drug-likeness (QED) is 0.441. The van der Waals surface area contributed by atoms with Crippen LogP contribution in [0.5, 0.6) is 0 Å². The highest BCUT2D eigenvalue weighted by atomic mass is 16.3. The Morgan fingerprint density at radius 1 is 1.17 bits per heavy atom. The van der Waals surface area contributed by atoms with Crippen LogP contribution in [0.1, 0.15) is 41.5 Å². The second-order valence-corrected chi connectivity index (χ2v) is 7.09. The number of benzene rings is 2. The molecule has 1 aromatic heterocycles. The second-order valence-electron chi connectivity index (χ2n) is 7.09. The Balaban J connectivity index is 1.63. The summed E-state index contributed by atoms with van der Waals surface area (Å²) in [6.45, 7) is 2.64. The maximum absolute atomic E-state index is 12.7. The fourth-order valence-electron chi connectivity index (χ4n) is 3.05. The SMILES string of the molecule is CCN=C([O-])c1ccc(-n2nnc(C(=O)NC3CC3)c2CNc2ccccc2)cc1. The Morgan fingerprint density at radius 3 is 2.57 bits per heavy atom. The lowest BCUT2D eigenvalue weighted by Gasteiger charge is -2.13. The van der Waals surface area contributed by atoms with Crippen molar-refractivity contribution >= 4 is 17.5 Å². The lowest BCUT2D eigenvalue weighted by atomic mass is 10.2. The summed E-state index contributed by atoms with van der Waals surface area (Å²) in [6.07, 6.45) is 1.99. The van der Waals surface area contributed by atoms with Crippen LogP contribution in [0.2, 0.25) is 0 Å². The van der Waals surface area contributed by atoms with Gasteiger partial charge in [-0.15, -0.1) is 5.10 Å². The van der Waals surface area contributed by atoms with Gasteiger partial charge in [0.1, 0.15) is 0 Å². The molecule has 0 atom stereocenters. The molecular weight excluding hydrogens is 380 g/mol. The zero-order valence-corrected chi connectivity index (χ0v) is 16.7. The number of nitrogens with one attached hydrogen (secondary N) is 2. The summed E-state index contributed by atoms with van der Waals surface area (Å²) < 4.78 is 1.63. The van der Waals surface area contributed by atoms with Gasteiger partial charge < -0.3 is 20.7 Å². The molecule has 1 amide bonds. The highest BCUT2D eigenvalue weighted by Gasteiger charge is 2.27. The first-order valence-corrected chi connectivity index (χ1v) is 10.0. The van der Waals surface area contributed by atoms with E-state index in [-0.39, 0.29) is 17.8 Å². The van der Waals surface area contributed by atoms with Gasteiger partial charge in [-0.05, 0) is 55.5 Å². The molecule has 3 aromatic rings. The molecule has 30 heavy (non-hydrogen) atoms. The zero-order valence-electron chi connectivity index (χ0n) is 16.7. The van der Waals surface area contributed by atoms with Crippen molar-refractivity contribution in [1.29, 1.82) is 0 Å². The van der Waals surface area contributed by atoms with E-state index in [1.54, 1.807) is 28.9 Å². The van der Waals surface area contributed by atoms with Crippen LogP contribution in [-0.2, 0) is 6.54 Å². The number of para-hydroxylation sites is 1. The molecule has 8 heteroatoms. The number of hydrogen-bond donors (Lipinski definition) is 2. The molecule has 0 saturated heterocycles. The van der Waals surface area contributed by atoms with Gasteiger partial charge in [0.15, 0.2) is 5.69 Å². The van der Waals surface area contributed by atoms with Crippen LogP contribution >= 0.6 is 0 Å². The van der Waals surface area contributed by atoms with Crippen LogP contribution in [0.15, 0.2) is 59.6 Å². The molecule has 1 fully saturated rings. The number of aliphatic imine (C=N–C) groups is 1. The van der Waals surface area contributed by atoms with Crippen molar-refractivity contribution in [3.05, 3.63) is 71.5 Å². The first-order valence-electron chi connectivity index (χ1n) is 10.0. The minimum Gasteiger partial charge on any atom is -0.858 e. The van der Waals surface area contributed by atoms with E-state index in [0.29, 0.717) is 35.7 Å². The molecule has 1 aliphatic rings. The van der Waals surface area contributed by atoms with Crippen LogP contribution in [0, 0.1) is 0 Å². The van der Waals surface area contributed by atoms with Crippen molar-refractivity contribution in [1.82, 2.24) is 20.3 Å². The van der Waals surface area contributed by atoms with Gasteiger partial charge in [-0.2, -0.15) is 0 Å². The van der Waals surface area contributed by atoms with E-state index in [4.69, 9.17) is 0 Å². The molecule has 1 saturated carbocycles. The van der Waals surface area contributed by atoms with E-state index in [0.717, 1.165) is 18.5 Å². The van der Waals surface area contributed by atoms with E-state index in [2.05, 4.69) is 25.9 Å². The molecule has 0 unspecified atom stereocenters. The molecule has 4 rings (SSSR count). The van der Waals surface area contributed by atoms with Crippen LogP contribution in [-0.4, -0.2) is 39.4 Å². The molecular formula is C22H23N6O2-. The van der Waals surface area contributed by atoms with Crippen molar-refractivity contribution in [2.45, 2.75) is 32.4 Å². The smallest absolute Gasteiger partial charge is 0.274 e. The van der Waals surface area contributed by atoms with Gasteiger partial charge >= 0.3 is 0 Å². The van der Waals surface area contributed by atoms with Crippen molar-refractivity contribution in [2.75, 3.05) is 11.9 Å². The molecule has 2 aromatic carbocycles. The Morgan fingerprint density at radius 2 is 1.90 bits per heavy atom. The third-order valence-electron chi connectivity index (χ3n) is 4.79. The van der Waals surface area contributed by atoms with E-state index < -0.39 is 0 Å². The molecule has 0 aliphatic heterocycles. The van der Waals surface area contributed by atoms with Crippen molar-refractivity contribution in [2.24, 2.45) is 4.99 Å². The van der Waals surface area contributed by atoms with Crippen molar-refractivity contribution < 1.29 is 9.90 Å². The third kappa shape index (κ3) is 4.48. The lowest BCUT2D eigenvalue weighted by molar-refractivity contribution is -0.213. The van der Waals surface area contributed by atoms with Crippen LogP contribution in [0.3, 0.4) is 0 Å². The third-order valence-corrected chi connectivity index (χ3v) is 4.79. The lowest BCUT2D eigenvalue weighted by Crippen LogP contribution is -2.27. The summed E-state index contributed by atoms with van der Waals surface area (Å²) in [5.74, 6) is -0.472. The van der Waals surface area contributed by atoms with Gasteiger partial charge in [-0.1, -0.05) is 35.5 Å². The molecule has 2 N–H and O–H groups in total. The first kappa shape index (κ1) is 19.6.